The van der Waals surface area contributed by atoms with Crippen molar-refractivity contribution >= 4 is 5.97 Å². The Labute approximate surface area is 68.1 Å². The standard InChI is InChI=1S/C8H17NO2/c1-8(2,3)6(9-4)7(10)11-5/h6,9H,1-5H3. The van der Waals surface area contributed by atoms with Gasteiger partial charge in [0.1, 0.15) is 6.04 Å². The molecule has 0 rings (SSSR count). The number of rotatable bonds is 2. The van der Waals surface area contributed by atoms with Gasteiger partial charge in [-0.3, -0.25) is 4.79 Å². The van der Waals surface area contributed by atoms with Gasteiger partial charge < -0.3 is 10.1 Å². The lowest BCUT2D eigenvalue weighted by atomic mass is 9.87. The van der Waals surface area contributed by atoms with E-state index in [0.29, 0.717) is 0 Å². The first-order valence-electron chi connectivity index (χ1n) is 3.68. The number of nitrogens with one attached hydrogen (secondary N) is 1. The number of carbonyl (C=O) groups excluding carboxylic acids is 1. The third kappa shape index (κ3) is 2.89. The number of likely N-dealkylation sites (N-methyl/N-ethyl adjacent to an activating group) is 1. The molecule has 0 saturated carbocycles. The van der Waals surface area contributed by atoms with Crippen LogP contribution in [0.2, 0.25) is 0 Å². The van der Waals surface area contributed by atoms with Crippen molar-refractivity contribution in [3.63, 3.8) is 0 Å². The minimum atomic E-state index is -0.229. The summed E-state index contributed by atoms with van der Waals surface area (Å²) in [6.45, 7) is 5.97. The quantitative estimate of drug-likeness (QED) is 0.605. The molecule has 0 spiro atoms. The van der Waals surface area contributed by atoms with Gasteiger partial charge >= 0.3 is 5.97 Å². The lowest BCUT2D eigenvalue weighted by Gasteiger charge is -2.27. The van der Waals surface area contributed by atoms with Crippen molar-refractivity contribution in [2.24, 2.45) is 5.41 Å². The molecule has 66 valence electrons. The average molecular weight is 159 g/mol. The zero-order chi connectivity index (χ0) is 9.07. The molecule has 0 bridgehead atoms. The van der Waals surface area contributed by atoms with Gasteiger partial charge in [-0.25, -0.2) is 0 Å². The lowest BCUT2D eigenvalue weighted by Crippen LogP contribution is -2.45. The molecule has 1 atom stereocenters. The Kier molecular flexibility index (Phi) is 3.52. The Hall–Kier alpha value is -0.570. The second kappa shape index (κ2) is 3.72. The van der Waals surface area contributed by atoms with Crippen LogP contribution >= 0.6 is 0 Å². The van der Waals surface area contributed by atoms with Gasteiger partial charge in [0.15, 0.2) is 0 Å². The van der Waals surface area contributed by atoms with Crippen molar-refractivity contribution in [1.29, 1.82) is 0 Å². The first-order valence-corrected chi connectivity index (χ1v) is 3.68. The van der Waals surface area contributed by atoms with Gasteiger partial charge in [0.2, 0.25) is 0 Å². The van der Waals surface area contributed by atoms with Crippen molar-refractivity contribution in [3.8, 4) is 0 Å². The van der Waals surface area contributed by atoms with E-state index in [1.807, 2.05) is 20.8 Å². The summed E-state index contributed by atoms with van der Waals surface area (Å²) >= 11 is 0. The van der Waals surface area contributed by atoms with Crippen LogP contribution in [-0.2, 0) is 9.53 Å². The predicted molar refractivity (Wildman–Crippen MR) is 44.3 cm³/mol. The number of esters is 1. The number of ether oxygens (including phenoxy) is 1. The van der Waals surface area contributed by atoms with Gasteiger partial charge in [0, 0.05) is 0 Å². The topological polar surface area (TPSA) is 38.3 Å². The molecule has 0 aromatic carbocycles. The fraction of sp³-hybridized carbons (Fsp3) is 0.875. The van der Waals surface area contributed by atoms with Crippen LogP contribution < -0.4 is 5.32 Å². The molecule has 0 saturated heterocycles. The van der Waals surface area contributed by atoms with Crippen LogP contribution in [0.15, 0.2) is 0 Å². The Balaban J connectivity index is 4.29. The van der Waals surface area contributed by atoms with Gasteiger partial charge in [-0.2, -0.15) is 0 Å². The van der Waals surface area contributed by atoms with Crippen molar-refractivity contribution in [2.75, 3.05) is 14.2 Å². The van der Waals surface area contributed by atoms with Gasteiger partial charge in [-0.05, 0) is 12.5 Å². The zero-order valence-corrected chi connectivity index (χ0v) is 7.89. The van der Waals surface area contributed by atoms with Crippen LogP contribution in [-0.4, -0.2) is 26.2 Å². The van der Waals surface area contributed by atoms with Crippen molar-refractivity contribution in [1.82, 2.24) is 5.32 Å². The molecule has 0 amide bonds. The van der Waals surface area contributed by atoms with Gasteiger partial charge in [0.25, 0.3) is 0 Å². The molecule has 3 nitrogen and oxygen atoms in total. The minimum absolute atomic E-state index is 0.0954. The van der Waals surface area contributed by atoms with E-state index >= 15 is 0 Å². The first kappa shape index (κ1) is 10.4. The maximum Gasteiger partial charge on any atom is 0.323 e. The van der Waals surface area contributed by atoms with E-state index in [-0.39, 0.29) is 17.4 Å². The summed E-state index contributed by atoms with van der Waals surface area (Å²) in [6.07, 6.45) is 0. The molecule has 0 heterocycles. The van der Waals surface area contributed by atoms with Crippen molar-refractivity contribution in [2.45, 2.75) is 26.8 Å². The lowest BCUT2D eigenvalue weighted by molar-refractivity contribution is -0.145. The van der Waals surface area contributed by atoms with Crippen LogP contribution in [0.5, 0.6) is 0 Å². The van der Waals surface area contributed by atoms with Crippen LogP contribution in [0.4, 0.5) is 0 Å². The Bertz CT molecular complexity index is 138. The summed E-state index contributed by atoms with van der Waals surface area (Å²) in [7, 11) is 3.16. The molecule has 0 aliphatic carbocycles. The number of carbonyl (C=O) groups is 1. The van der Waals surface area contributed by atoms with Crippen molar-refractivity contribution < 1.29 is 9.53 Å². The fourth-order valence-corrected chi connectivity index (χ4v) is 1.02. The Morgan fingerprint density at radius 2 is 1.91 bits per heavy atom. The average Bonchev–Trinajstić information content (AvgIpc) is 1.86. The first-order chi connectivity index (χ1) is 4.93. The van der Waals surface area contributed by atoms with Crippen LogP contribution in [0, 0.1) is 5.41 Å². The summed E-state index contributed by atoms with van der Waals surface area (Å²) in [5.41, 5.74) is -0.0954. The van der Waals surface area contributed by atoms with Crippen LogP contribution in [0.3, 0.4) is 0 Å². The third-order valence-corrected chi connectivity index (χ3v) is 1.59. The predicted octanol–water partition coefficient (Wildman–Crippen LogP) is 0.793. The summed E-state index contributed by atoms with van der Waals surface area (Å²) in [6, 6.07) is -0.229. The van der Waals surface area contributed by atoms with E-state index in [1.165, 1.54) is 7.11 Å². The molecule has 0 aromatic heterocycles. The van der Waals surface area contributed by atoms with E-state index in [9.17, 15) is 4.79 Å². The molecule has 0 aliphatic heterocycles. The number of hydrogen-bond acceptors (Lipinski definition) is 3. The molecule has 11 heavy (non-hydrogen) atoms. The van der Waals surface area contributed by atoms with Crippen LogP contribution in [0.25, 0.3) is 0 Å². The summed E-state index contributed by atoms with van der Waals surface area (Å²) in [5.74, 6) is -0.208. The molecule has 3 heteroatoms. The summed E-state index contributed by atoms with van der Waals surface area (Å²) in [5, 5.41) is 2.92. The smallest absolute Gasteiger partial charge is 0.323 e. The SMILES string of the molecule is CNC(C(=O)OC)C(C)(C)C. The van der Waals surface area contributed by atoms with E-state index in [2.05, 4.69) is 10.1 Å². The summed E-state index contributed by atoms with van der Waals surface area (Å²) < 4.78 is 4.63. The fourth-order valence-electron chi connectivity index (χ4n) is 1.02. The molecule has 0 aromatic rings. The molecule has 0 radical (unpaired) electrons. The Morgan fingerprint density at radius 3 is 2.00 bits per heavy atom. The van der Waals surface area contributed by atoms with Gasteiger partial charge in [-0.15, -0.1) is 0 Å². The van der Waals surface area contributed by atoms with Crippen LogP contribution in [0.1, 0.15) is 20.8 Å². The zero-order valence-electron chi connectivity index (χ0n) is 7.89. The number of methoxy groups -OCH3 is 1. The molecular weight excluding hydrogens is 142 g/mol. The molecule has 1 unspecified atom stereocenters. The molecular formula is C8H17NO2. The highest BCUT2D eigenvalue weighted by atomic mass is 16.5. The molecule has 0 aliphatic rings. The maximum atomic E-state index is 11.1. The second-order valence-electron chi connectivity index (χ2n) is 3.61. The van der Waals surface area contributed by atoms with Crippen molar-refractivity contribution in [3.05, 3.63) is 0 Å². The highest BCUT2D eigenvalue weighted by molar-refractivity contribution is 5.76. The monoisotopic (exact) mass is 159 g/mol. The molecule has 1 N–H and O–H groups in total. The normalized spacial score (nSPS) is 14.3. The maximum absolute atomic E-state index is 11.1. The van der Waals surface area contributed by atoms with E-state index < -0.39 is 0 Å². The third-order valence-electron chi connectivity index (χ3n) is 1.59. The highest BCUT2D eigenvalue weighted by Gasteiger charge is 2.30. The second-order valence-corrected chi connectivity index (χ2v) is 3.61. The van der Waals surface area contributed by atoms with E-state index in [0.717, 1.165) is 0 Å². The van der Waals surface area contributed by atoms with E-state index in [1.54, 1.807) is 7.05 Å². The van der Waals surface area contributed by atoms with E-state index in [4.69, 9.17) is 0 Å². The summed E-state index contributed by atoms with van der Waals surface area (Å²) in [4.78, 5) is 11.1. The molecule has 0 fully saturated rings. The number of hydrogen-bond donors (Lipinski definition) is 1. The van der Waals surface area contributed by atoms with Gasteiger partial charge in [-0.1, -0.05) is 20.8 Å². The van der Waals surface area contributed by atoms with Gasteiger partial charge in [0.05, 0.1) is 7.11 Å². The largest absolute Gasteiger partial charge is 0.468 e. The highest BCUT2D eigenvalue weighted by Crippen LogP contribution is 2.19. The Morgan fingerprint density at radius 1 is 1.45 bits per heavy atom. The minimum Gasteiger partial charge on any atom is -0.468 e.